The zero-order valence-corrected chi connectivity index (χ0v) is 9.73. The van der Waals surface area contributed by atoms with Gasteiger partial charge in [0, 0.05) is 6.04 Å². The maximum absolute atomic E-state index is 6.58. The second-order valence-electron chi connectivity index (χ2n) is 4.90. The van der Waals surface area contributed by atoms with Crippen LogP contribution in [0.5, 0.6) is 0 Å². The van der Waals surface area contributed by atoms with E-state index >= 15 is 0 Å². The van der Waals surface area contributed by atoms with Gasteiger partial charge in [0.15, 0.2) is 0 Å². The van der Waals surface area contributed by atoms with E-state index in [2.05, 4.69) is 5.32 Å². The van der Waals surface area contributed by atoms with Crippen molar-refractivity contribution >= 4 is 11.6 Å². The number of piperidine rings is 1. The van der Waals surface area contributed by atoms with Gasteiger partial charge >= 0.3 is 0 Å². The van der Waals surface area contributed by atoms with E-state index in [1.807, 2.05) is 0 Å². The molecule has 82 valence electrons. The largest absolute Gasteiger partial charge is 0.313 e. The van der Waals surface area contributed by atoms with E-state index in [-0.39, 0.29) is 0 Å². The lowest BCUT2D eigenvalue weighted by Gasteiger charge is -2.34. The number of hydrogen-bond donors (Lipinski definition) is 1. The SMILES string of the molecule is Cl[C@@H](C1CCCCC1)[C@H]1CCCCN1. The fourth-order valence-corrected chi connectivity index (χ4v) is 3.40. The van der Waals surface area contributed by atoms with E-state index < -0.39 is 0 Å². The molecule has 1 heterocycles. The number of rotatable bonds is 2. The van der Waals surface area contributed by atoms with Crippen molar-refractivity contribution in [1.82, 2.24) is 5.32 Å². The molecule has 0 spiro atoms. The summed E-state index contributed by atoms with van der Waals surface area (Å²) in [4.78, 5) is 0. The molecule has 1 aliphatic carbocycles. The van der Waals surface area contributed by atoms with Crippen molar-refractivity contribution in [1.29, 1.82) is 0 Å². The molecular formula is C12H22ClN. The molecule has 1 N–H and O–H groups in total. The van der Waals surface area contributed by atoms with Crippen molar-refractivity contribution in [3.8, 4) is 0 Å². The van der Waals surface area contributed by atoms with Crippen molar-refractivity contribution in [2.24, 2.45) is 5.92 Å². The van der Waals surface area contributed by atoms with Crippen LogP contribution < -0.4 is 5.32 Å². The Kier molecular flexibility index (Phi) is 4.12. The third-order valence-corrected chi connectivity index (χ3v) is 4.49. The van der Waals surface area contributed by atoms with Gasteiger partial charge in [-0.3, -0.25) is 0 Å². The summed E-state index contributed by atoms with van der Waals surface area (Å²) >= 11 is 6.58. The topological polar surface area (TPSA) is 12.0 Å². The maximum atomic E-state index is 6.58. The summed E-state index contributed by atoms with van der Waals surface area (Å²) in [5.41, 5.74) is 0. The Hall–Kier alpha value is 0.250. The highest BCUT2D eigenvalue weighted by Gasteiger charge is 2.29. The highest BCUT2D eigenvalue weighted by Crippen LogP contribution is 2.32. The predicted molar refractivity (Wildman–Crippen MR) is 61.9 cm³/mol. The summed E-state index contributed by atoms with van der Waals surface area (Å²) in [5, 5.41) is 3.98. The molecule has 2 atom stereocenters. The van der Waals surface area contributed by atoms with Crippen molar-refractivity contribution in [3.05, 3.63) is 0 Å². The van der Waals surface area contributed by atoms with Gasteiger partial charge < -0.3 is 5.32 Å². The minimum absolute atomic E-state index is 0.399. The predicted octanol–water partition coefficient (Wildman–Crippen LogP) is 3.32. The zero-order valence-electron chi connectivity index (χ0n) is 8.97. The Morgan fingerprint density at radius 1 is 0.929 bits per heavy atom. The monoisotopic (exact) mass is 215 g/mol. The van der Waals surface area contributed by atoms with E-state index in [9.17, 15) is 0 Å². The van der Waals surface area contributed by atoms with Gasteiger partial charge in [-0.25, -0.2) is 0 Å². The summed E-state index contributed by atoms with van der Waals surface area (Å²) in [6, 6.07) is 0.605. The second-order valence-corrected chi connectivity index (χ2v) is 5.40. The fourth-order valence-electron chi connectivity index (χ4n) is 2.93. The smallest absolute Gasteiger partial charge is 0.0517 e. The van der Waals surface area contributed by atoms with Crippen LogP contribution in [0.25, 0.3) is 0 Å². The molecule has 2 fully saturated rings. The van der Waals surface area contributed by atoms with Crippen LogP contribution >= 0.6 is 11.6 Å². The van der Waals surface area contributed by atoms with Crippen LogP contribution in [0.2, 0.25) is 0 Å². The maximum Gasteiger partial charge on any atom is 0.0517 e. The lowest BCUT2D eigenvalue weighted by atomic mass is 9.83. The van der Waals surface area contributed by atoms with Gasteiger partial charge in [-0.2, -0.15) is 0 Å². The van der Waals surface area contributed by atoms with Gasteiger partial charge in [0.05, 0.1) is 5.38 Å². The van der Waals surface area contributed by atoms with E-state index in [4.69, 9.17) is 11.6 Å². The van der Waals surface area contributed by atoms with Gasteiger partial charge in [-0.05, 0) is 38.1 Å². The van der Waals surface area contributed by atoms with Crippen LogP contribution in [-0.4, -0.2) is 18.0 Å². The molecule has 2 heteroatoms. The van der Waals surface area contributed by atoms with Crippen LogP contribution in [0, 0.1) is 5.92 Å². The number of halogens is 1. The summed E-state index contributed by atoms with van der Waals surface area (Å²) in [7, 11) is 0. The number of hydrogen-bond acceptors (Lipinski definition) is 1. The molecular weight excluding hydrogens is 194 g/mol. The molecule has 0 aromatic heterocycles. The normalized spacial score (nSPS) is 32.8. The van der Waals surface area contributed by atoms with Crippen LogP contribution in [0.1, 0.15) is 51.4 Å². The number of nitrogens with one attached hydrogen (secondary N) is 1. The summed E-state index contributed by atoms with van der Waals surface area (Å²) in [6.07, 6.45) is 11.0. The first-order valence-corrected chi connectivity index (χ1v) is 6.69. The lowest BCUT2D eigenvalue weighted by Crippen LogP contribution is -2.44. The Balaban J connectivity index is 1.82. The molecule has 0 aromatic carbocycles. The van der Waals surface area contributed by atoms with Gasteiger partial charge in [-0.15, -0.1) is 11.6 Å². The van der Waals surface area contributed by atoms with Crippen LogP contribution in [0.4, 0.5) is 0 Å². The Bertz CT molecular complexity index is 142. The highest BCUT2D eigenvalue weighted by atomic mass is 35.5. The summed E-state index contributed by atoms with van der Waals surface area (Å²) in [6.45, 7) is 1.18. The van der Waals surface area contributed by atoms with Crippen LogP contribution in [0.15, 0.2) is 0 Å². The van der Waals surface area contributed by atoms with Crippen molar-refractivity contribution in [2.45, 2.75) is 62.8 Å². The summed E-state index contributed by atoms with van der Waals surface area (Å²) < 4.78 is 0. The van der Waals surface area contributed by atoms with E-state index in [1.165, 1.54) is 57.9 Å². The third-order valence-electron chi connectivity index (χ3n) is 3.83. The van der Waals surface area contributed by atoms with Crippen molar-refractivity contribution < 1.29 is 0 Å². The second kappa shape index (κ2) is 5.37. The molecule has 2 aliphatic rings. The first kappa shape index (κ1) is 10.8. The van der Waals surface area contributed by atoms with E-state index in [1.54, 1.807) is 0 Å². The van der Waals surface area contributed by atoms with Gasteiger partial charge in [-0.1, -0.05) is 25.7 Å². The third kappa shape index (κ3) is 2.64. The first-order chi connectivity index (χ1) is 6.88. The molecule has 1 aliphatic heterocycles. The number of alkyl halides is 1. The molecule has 0 amide bonds. The minimum Gasteiger partial charge on any atom is -0.313 e. The molecule has 1 saturated carbocycles. The Labute approximate surface area is 92.6 Å². The highest BCUT2D eigenvalue weighted by molar-refractivity contribution is 6.21. The Morgan fingerprint density at radius 3 is 2.29 bits per heavy atom. The quantitative estimate of drug-likeness (QED) is 0.697. The van der Waals surface area contributed by atoms with Gasteiger partial charge in [0.2, 0.25) is 0 Å². The minimum atomic E-state index is 0.399. The van der Waals surface area contributed by atoms with Gasteiger partial charge in [0.25, 0.3) is 0 Å². The van der Waals surface area contributed by atoms with Crippen LogP contribution in [-0.2, 0) is 0 Å². The lowest BCUT2D eigenvalue weighted by molar-refractivity contribution is 0.279. The van der Waals surface area contributed by atoms with Gasteiger partial charge in [0.1, 0.15) is 0 Å². The molecule has 1 saturated heterocycles. The molecule has 2 rings (SSSR count). The average molecular weight is 216 g/mol. The molecule has 0 unspecified atom stereocenters. The molecule has 1 nitrogen and oxygen atoms in total. The fraction of sp³-hybridized carbons (Fsp3) is 1.00. The van der Waals surface area contributed by atoms with E-state index in [0.717, 1.165) is 5.92 Å². The molecule has 0 bridgehead atoms. The van der Waals surface area contributed by atoms with Crippen molar-refractivity contribution in [2.75, 3.05) is 6.54 Å². The van der Waals surface area contributed by atoms with E-state index in [0.29, 0.717) is 11.4 Å². The summed E-state index contributed by atoms with van der Waals surface area (Å²) in [5.74, 6) is 0.793. The molecule has 0 aromatic rings. The zero-order chi connectivity index (χ0) is 9.80. The Morgan fingerprint density at radius 2 is 1.64 bits per heavy atom. The van der Waals surface area contributed by atoms with Crippen LogP contribution in [0.3, 0.4) is 0 Å². The standard InChI is InChI=1S/C12H22ClN/c13-12(10-6-2-1-3-7-10)11-8-4-5-9-14-11/h10-12,14H,1-9H2/t11-,12+/m1/s1. The molecule has 14 heavy (non-hydrogen) atoms. The average Bonchev–Trinajstić information content (AvgIpc) is 2.30. The first-order valence-electron chi connectivity index (χ1n) is 6.25. The van der Waals surface area contributed by atoms with Crippen molar-refractivity contribution in [3.63, 3.8) is 0 Å². The molecule has 0 radical (unpaired) electrons.